The molecule has 2 amide bonds. The topological polar surface area (TPSA) is 67.4 Å². The van der Waals surface area contributed by atoms with E-state index < -0.39 is 6.10 Å². The summed E-state index contributed by atoms with van der Waals surface area (Å²) in [6, 6.07) is 12.8. The average molecular weight is 354 g/mol. The van der Waals surface area contributed by atoms with Crippen molar-refractivity contribution in [3.8, 4) is 5.75 Å². The Bertz CT molecular complexity index is 787. The van der Waals surface area contributed by atoms with Crippen LogP contribution in [0.15, 0.2) is 42.5 Å². The van der Waals surface area contributed by atoms with Gasteiger partial charge in [0, 0.05) is 6.54 Å². The molecule has 0 heterocycles. The highest BCUT2D eigenvalue weighted by molar-refractivity contribution is 6.04. The lowest BCUT2D eigenvalue weighted by atomic mass is 10.1. The van der Waals surface area contributed by atoms with Crippen LogP contribution in [0.1, 0.15) is 41.8 Å². The van der Waals surface area contributed by atoms with E-state index in [1.54, 1.807) is 31.2 Å². The molecule has 0 aliphatic heterocycles. The highest BCUT2D eigenvalue weighted by Crippen LogP contribution is 2.21. The van der Waals surface area contributed by atoms with Crippen LogP contribution in [0.3, 0.4) is 0 Å². The average Bonchev–Trinajstić information content (AvgIpc) is 2.62. The third-order valence-electron chi connectivity index (χ3n) is 3.97. The lowest BCUT2D eigenvalue weighted by molar-refractivity contribution is -0.122. The molecule has 0 saturated carbocycles. The number of aryl methyl sites for hydroxylation is 2. The first-order valence-electron chi connectivity index (χ1n) is 8.84. The molecule has 2 N–H and O–H groups in total. The molecule has 2 rings (SSSR count). The molecule has 0 aliphatic rings. The molecule has 5 nitrogen and oxygen atoms in total. The van der Waals surface area contributed by atoms with Crippen LogP contribution in [-0.4, -0.2) is 24.5 Å². The zero-order chi connectivity index (χ0) is 19.1. The maximum absolute atomic E-state index is 12.5. The van der Waals surface area contributed by atoms with Gasteiger partial charge < -0.3 is 15.4 Å². The first-order valence-corrected chi connectivity index (χ1v) is 8.84. The van der Waals surface area contributed by atoms with Crippen LogP contribution < -0.4 is 15.4 Å². The van der Waals surface area contributed by atoms with E-state index in [4.69, 9.17) is 4.74 Å². The minimum absolute atomic E-state index is 0.203. The highest BCUT2D eigenvalue weighted by Gasteiger charge is 2.19. The molecule has 0 radical (unpaired) electrons. The zero-order valence-corrected chi connectivity index (χ0v) is 15.8. The number of nitrogens with one attached hydrogen (secondary N) is 2. The van der Waals surface area contributed by atoms with Gasteiger partial charge >= 0.3 is 0 Å². The van der Waals surface area contributed by atoms with Crippen LogP contribution >= 0.6 is 0 Å². The van der Waals surface area contributed by atoms with Crippen LogP contribution in [0.5, 0.6) is 5.75 Å². The largest absolute Gasteiger partial charge is 0.481 e. The maximum Gasteiger partial charge on any atom is 0.265 e. The standard InChI is InChI=1S/C21H26N2O3/c1-5-12-22-21(25)17-8-6-7-9-18(17)23-20(24)16(4)26-19-11-10-14(2)13-15(19)3/h6-11,13,16H,5,12H2,1-4H3,(H,22,25)(H,23,24)/t16-/m1/s1. The normalized spacial score (nSPS) is 11.5. The van der Waals surface area contributed by atoms with Crippen molar-refractivity contribution in [3.63, 3.8) is 0 Å². The number of rotatable bonds is 7. The molecule has 0 saturated heterocycles. The number of carbonyl (C=O) groups excluding carboxylic acids is 2. The zero-order valence-electron chi connectivity index (χ0n) is 15.8. The third kappa shape index (κ3) is 5.09. The predicted octanol–water partition coefficient (Wildman–Crippen LogP) is 3.85. The first kappa shape index (κ1) is 19.5. The van der Waals surface area contributed by atoms with Crippen molar-refractivity contribution < 1.29 is 14.3 Å². The van der Waals surface area contributed by atoms with Gasteiger partial charge in [0.1, 0.15) is 5.75 Å². The Labute approximate surface area is 154 Å². The van der Waals surface area contributed by atoms with E-state index >= 15 is 0 Å². The van der Waals surface area contributed by atoms with Crippen molar-refractivity contribution in [1.29, 1.82) is 0 Å². The van der Waals surface area contributed by atoms with E-state index in [0.29, 0.717) is 23.5 Å². The smallest absolute Gasteiger partial charge is 0.265 e. The van der Waals surface area contributed by atoms with Crippen molar-refractivity contribution in [2.75, 3.05) is 11.9 Å². The Morgan fingerprint density at radius 1 is 1.12 bits per heavy atom. The third-order valence-corrected chi connectivity index (χ3v) is 3.97. The number of anilines is 1. The van der Waals surface area contributed by atoms with Crippen LogP contribution in [0.2, 0.25) is 0 Å². The van der Waals surface area contributed by atoms with Gasteiger partial charge in [-0.15, -0.1) is 0 Å². The van der Waals surface area contributed by atoms with E-state index in [9.17, 15) is 9.59 Å². The van der Waals surface area contributed by atoms with Gasteiger partial charge in [0.25, 0.3) is 11.8 Å². The van der Waals surface area contributed by atoms with Crippen molar-refractivity contribution in [2.45, 2.75) is 40.2 Å². The Hall–Kier alpha value is -2.82. The van der Waals surface area contributed by atoms with Gasteiger partial charge in [-0.05, 0) is 51.0 Å². The predicted molar refractivity (Wildman–Crippen MR) is 104 cm³/mol. The molecule has 0 bridgehead atoms. The van der Waals surface area contributed by atoms with Crippen LogP contribution in [0, 0.1) is 13.8 Å². The fourth-order valence-corrected chi connectivity index (χ4v) is 2.53. The number of benzene rings is 2. The summed E-state index contributed by atoms with van der Waals surface area (Å²) < 4.78 is 5.79. The number of ether oxygens (including phenoxy) is 1. The minimum atomic E-state index is -0.692. The molecular weight excluding hydrogens is 328 g/mol. The molecule has 0 aromatic heterocycles. The van der Waals surface area contributed by atoms with Crippen molar-refractivity contribution in [1.82, 2.24) is 5.32 Å². The van der Waals surface area contributed by atoms with E-state index in [0.717, 1.165) is 17.5 Å². The fraction of sp³-hybridized carbons (Fsp3) is 0.333. The number of hydrogen-bond donors (Lipinski definition) is 2. The minimum Gasteiger partial charge on any atom is -0.481 e. The van der Waals surface area contributed by atoms with Gasteiger partial charge in [0.05, 0.1) is 11.3 Å². The van der Waals surface area contributed by atoms with E-state index in [1.807, 2.05) is 39.0 Å². The molecule has 0 unspecified atom stereocenters. The number of para-hydroxylation sites is 1. The second-order valence-electron chi connectivity index (χ2n) is 6.32. The summed E-state index contributed by atoms with van der Waals surface area (Å²) in [5.41, 5.74) is 3.03. The summed E-state index contributed by atoms with van der Waals surface area (Å²) >= 11 is 0. The summed E-state index contributed by atoms with van der Waals surface area (Å²) in [4.78, 5) is 24.8. The molecule has 0 aliphatic carbocycles. The first-order chi connectivity index (χ1) is 12.4. The van der Waals surface area contributed by atoms with Gasteiger partial charge in [-0.2, -0.15) is 0 Å². The molecular formula is C21H26N2O3. The van der Waals surface area contributed by atoms with E-state index in [-0.39, 0.29) is 11.8 Å². The lowest BCUT2D eigenvalue weighted by Crippen LogP contribution is -2.32. The molecule has 26 heavy (non-hydrogen) atoms. The van der Waals surface area contributed by atoms with E-state index in [2.05, 4.69) is 10.6 Å². The fourth-order valence-electron chi connectivity index (χ4n) is 2.53. The maximum atomic E-state index is 12.5. The highest BCUT2D eigenvalue weighted by atomic mass is 16.5. The number of hydrogen-bond acceptors (Lipinski definition) is 3. The molecule has 138 valence electrons. The second-order valence-corrected chi connectivity index (χ2v) is 6.32. The Balaban J connectivity index is 2.08. The molecule has 1 atom stereocenters. The molecule has 2 aromatic rings. The van der Waals surface area contributed by atoms with E-state index in [1.165, 1.54) is 0 Å². The molecule has 0 fully saturated rings. The van der Waals surface area contributed by atoms with Crippen LogP contribution in [0.25, 0.3) is 0 Å². The summed E-state index contributed by atoms with van der Waals surface area (Å²) in [7, 11) is 0. The number of carbonyl (C=O) groups is 2. The Morgan fingerprint density at radius 2 is 1.85 bits per heavy atom. The number of amides is 2. The van der Waals surface area contributed by atoms with Gasteiger partial charge in [-0.25, -0.2) is 0 Å². The van der Waals surface area contributed by atoms with Crippen molar-refractivity contribution in [3.05, 3.63) is 59.2 Å². The summed E-state index contributed by atoms with van der Waals surface area (Å²) in [5.74, 6) is 0.165. The van der Waals surface area contributed by atoms with Crippen LogP contribution in [0.4, 0.5) is 5.69 Å². The Morgan fingerprint density at radius 3 is 2.54 bits per heavy atom. The molecule has 2 aromatic carbocycles. The van der Waals surface area contributed by atoms with Gasteiger partial charge in [-0.3, -0.25) is 9.59 Å². The summed E-state index contributed by atoms with van der Waals surface area (Å²) in [6.45, 7) is 8.22. The molecule has 5 heteroatoms. The quantitative estimate of drug-likeness (QED) is 0.794. The summed E-state index contributed by atoms with van der Waals surface area (Å²) in [6.07, 6.45) is 0.157. The van der Waals surface area contributed by atoms with Gasteiger partial charge in [-0.1, -0.05) is 36.8 Å². The summed E-state index contributed by atoms with van der Waals surface area (Å²) in [5, 5.41) is 5.62. The Kier molecular flexibility index (Phi) is 6.78. The molecule has 0 spiro atoms. The van der Waals surface area contributed by atoms with Gasteiger partial charge in [0.15, 0.2) is 6.10 Å². The van der Waals surface area contributed by atoms with Crippen molar-refractivity contribution in [2.24, 2.45) is 0 Å². The van der Waals surface area contributed by atoms with Crippen LogP contribution in [-0.2, 0) is 4.79 Å². The lowest BCUT2D eigenvalue weighted by Gasteiger charge is -2.17. The second kappa shape index (κ2) is 9.04. The van der Waals surface area contributed by atoms with Gasteiger partial charge in [0.2, 0.25) is 0 Å². The SMILES string of the molecule is CCCNC(=O)c1ccccc1NC(=O)[C@@H](C)Oc1ccc(C)cc1C. The van der Waals surface area contributed by atoms with Crippen molar-refractivity contribution >= 4 is 17.5 Å². The monoisotopic (exact) mass is 354 g/mol.